The van der Waals surface area contributed by atoms with Crippen molar-refractivity contribution in [1.29, 1.82) is 0 Å². The Morgan fingerprint density at radius 1 is 1.16 bits per heavy atom. The van der Waals surface area contributed by atoms with Crippen LogP contribution in [-0.2, 0) is 9.59 Å². The van der Waals surface area contributed by atoms with Gasteiger partial charge in [-0.05, 0) is 17.6 Å². The predicted molar refractivity (Wildman–Crippen MR) is 85.7 cm³/mol. The first kappa shape index (κ1) is 14.4. The number of thiophene rings is 1. The van der Waals surface area contributed by atoms with Crippen LogP contribution in [0.4, 0.5) is 0 Å². The fourth-order valence-electron chi connectivity index (χ4n) is 1.59. The van der Waals surface area contributed by atoms with Crippen LogP contribution in [0.25, 0.3) is 16.2 Å². The number of benzene rings is 1. The van der Waals surface area contributed by atoms with Crippen LogP contribution in [0.3, 0.4) is 0 Å². The van der Waals surface area contributed by atoms with E-state index in [2.05, 4.69) is 0 Å². The van der Waals surface area contributed by atoms with Crippen LogP contribution in [0.5, 0.6) is 0 Å². The van der Waals surface area contributed by atoms with Gasteiger partial charge in [0, 0.05) is 33.7 Å². The van der Waals surface area contributed by atoms with E-state index in [0.717, 1.165) is 31.6 Å². The fourth-order valence-corrected chi connectivity index (χ4v) is 4.13. The Balaban J connectivity index is 2.43. The molecule has 0 bridgehead atoms. The third-order valence-electron chi connectivity index (χ3n) is 2.27. The maximum atomic E-state index is 11.4. The van der Waals surface area contributed by atoms with Crippen molar-refractivity contribution in [3.8, 4) is 0 Å². The molecule has 98 valence electrons. The van der Waals surface area contributed by atoms with Crippen molar-refractivity contribution < 1.29 is 9.59 Å². The minimum atomic E-state index is 0.0538. The number of fused-ring (bicyclic) bond motifs is 1. The summed E-state index contributed by atoms with van der Waals surface area (Å²) in [7, 11) is 0. The molecule has 0 aliphatic heterocycles. The summed E-state index contributed by atoms with van der Waals surface area (Å²) in [6, 6.07) is 8.02. The molecule has 19 heavy (non-hydrogen) atoms. The van der Waals surface area contributed by atoms with Gasteiger partial charge in [-0.15, -0.1) is 11.3 Å². The molecule has 0 saturated heterocycles. The SMILES string of the molecule is CC(=O)S/C=C\c1sc2ccccc2c1SC(C)=O. The molecule has 0 fully saturated rings. The summed E-state index contributed by atoms with van der Waals surface area (Å²) < 4.78 is 1.15. The van der Waals surface area contributed by atoms with Crippen molar-refractivity contribution in [2.75, 3.05) is 0 Å². The second kappa shape index (κ2) is 6.41. The Bertz CT molecular complexity index is 656. The zero-order valence-corrected chi connectivity index (χ0v) is 13.0. The molecule has 1 aromatic heterocycles. The quantitative estimate of drug-likeness (QED) is 0.763. The van der Waals surface area contributed by atoms with Crippen molar-refractivity contribution in [1.82, 2.24) is 0 Å². The largest absolute Gasteiger partial charge is 0.287 e. The average Bonchev–Trinajstić information content (AvgIpc) is 2.67. The molecule has 0 aliphatic rings. The molecule has 5 heteroatoms. The molecule has 1 heterocycles. The Labute approximate surface area is 124 Å². The minimum Gasteiger partial charge on any atom is -0.287 e. The van der Waals surface area contributed by atoms with Crippen LogP contribution in [0.2, 0.25) is 0 Å². The van der Waals surface area contributed by atoms with Crippen molar-refractivity contribution >= 4 is 61.3 Å². The van der Waals surface area contributed by atoms with Gasteiger partial charge in [-0.2, -0.15) is 0 Å². The zero-order chi connectivity index (χ0) is 13.8. The Morgan fingerprint density at radius 3 is 2.58 bits per heavy atom. The van der Waals surface area contributed by atoms with Crippen LogP contribution < -0.4 is 0 Å². The van der Waals surface area contributed by atoms with Crippen molar-refractivity contribution in [2.45, 2.75) is 18.7 Å². The number of carbonyl (C=O) groups excluding carboxylic acids is 2. The highest BCUT2D eigenvalue weighted by molar-refractivity contribution is 8.16. The van der Waals surface area contributed by atoms with Gasteiger partial charge in [0.1, 0.15) is 0 Å². The van der Waals surface area contributed by atoms with E-state index >= 15 is 0 Å². The van der Waals surface area contributed by atoms with E-state index in [4.69, 9.17) is 0 Å². The maximum Gasteiger partial charge on any atom is 0.190 e. The highest BCUT2D eigenvalue weighted by Crippen LogP contribution is 2.39. The topological polar surface area (TPSA) is 34.1 Å². The minimum absolute atomic E-state index is 0.0538. The fraction of sp³-hybridized carbons (Fsp3) is 0.143. The molecular formula is C14H12O2S3. The van der Waals surface area contributed by atoms with Gasteiger partial charge in [-0.1, -0.05) is 41.7 Å². The molecular weight excluding hydrogens is 296 g/mol. The van der Waals surface area contributed by atoms with Gasteiger partial charge in [0.25, 0.3) is 0 Å². The Hall–Kier alpha value is -1.04. The second-order valence-electron chi connectivity index (χ2n) is 3.80. The van der Waals surface area contributed by atoms with Crippen molar-refractivity contribution in [3.05, 3.63) is 34.6 Å². The van der Waals surface area contributed by atoms with E-state index in [-0.39, 0.29) is 10.2 Å². The van der Waals surface area contributed by atoms with Crippen LogP contribution in [-0.4, -0.2) is 10.2 Å². The summed E-state index contributed by atoms with van der Waals surface area (Å²) in [6.45, 7) is 3.10. The molecule has 1 aromatic carbocycles. The lowest BCUT2D eigenvalue weighted by atomic mass is 10.2. The van der Waals surface area contributed by atoms with Crippen LogP contribution in [0, 0.1) is 0 Å². The maximum absolute atomic E-state index is 11.4. The van der Waals surface area contributed by atoms with E-state index < -0.39 is 0 Å². The molecule has 0 spiro atoms. The summed E-state index contributed by atoms with van der Waals surface area (Å²) >= 11 is 4.04. The summed E-state index contributed by atoms with van der Waals surface area (Å²) in [6.07, 6.45) is 1.90. The molecule has 0 radical (unpaired) electrons. The van der Waals surface area contributed by atoms with Gasteiger partial charge in [-0.25, -0.2) is 0 Å². The smallest absolute Gasteiger partial charge is 0.190 e. The molecule has 2 rings (SSSR count). The van der Waals surface area contributed by atoms with Gasteiger partial charge < -0.3 is 0 Å². The summed E-state index contributed by atoms with van der Waals surface area (Å²) in [4.78, 5) is 24.3. The average molecular weight is 308 g/mol. The third-order valence-corrected chi connectivity index (χ3v) is 5.08. The van der Waals surface area contributed by atoms with Gasteiger partial charge >= 0.3 is 0 Å². The first-order chi connectivity index (χ1) is 9.08. The molecule has 0 atom stereocenters. The summed E-state index contributed by atoms with van der Waals surface area (Å²) in [5.74, 6) is 0. The first-order valence-corrected chi connectivity index (χ1v) is 8.13. The lowest BCUT2D eigenvalue weighted by Crippen LogP contribution is -1.81. The predicted octanol–water partition coefficient (Wildman–Crippen LogP) is 4.79. The normalized spacial score (nSPS) is 11.3. The number of carbonyl (C=O) groups is 2. The number of thioether (sulfide) groups is 2. The molecule has 0 amide bonds. The highest BCUT2D eigenvalue weighted by atomic mass is 32.2. The Morgan fingerprint density at radius 2 is 1.89 bits per heavy atom. The van der Waals surface area contributed by atoms with Crippen molar-refractivity contribution in [2.24, 2.45) is 0 Å². The van der Waals surface area contributed by atoms with Crippen LogP contribution in [0.1, 0.15) is 18.7 Å². The first-order valence-electron chi connectivity index (χ1n) is 5.61. The monoisotopic (exact) mass is 308 g/mol. The Kier molecular flexibility index (Phi) is 4.85. The van der Waals surface area contributed by atoms with E-state index in [1.165, 1.54) is 18.7 Å². The molecule has 2 nitrogen and oxygen atoms in total. The van der Waals surface area contributed by atoms with Gasteiger partial charge in [0.15, 0.2) is 10.2 Å². The molecule has 0 N–H and O–H groups in total. The molecule has 0 saturated carbocycles. The number of rotatable bonds is 3. The summed E-state index contributed by atoms with van der Waals surface area (Å²) in [5.41, 5.74) is 0. The van der Waals surface area contributed by atoms with E-state index in [0.29, 0.717) is 0 Å². The standard InChI is InChI=1S/C14H12O2S3/c1-9(15)17-8-7-13-14(18-10(2)16)11-5-3-4-6-12(11)19-13/h3-8H,1-2H3/b8-7-. The molecule has 2 aromatic rings. The van der Waals surface area contributed by atoms with E-state index in [9.17, 15) is 9.59 Å². The van der Waals surface area contributed by atoms with E-state index in [1.54, 1.807) is 23.7 Å². The third kappa shape index (κ3) is 3.72. The number of hydrogen-bond donors (Lipinski definition) is 0. The second-order valence-corrected chi connectivity index (χ2v) is 7.15. The lowest BCUT2D eigenvalue weighted by molar-refractivity contribution is -0.109. The van der Waals surface area contributed by atoms with Gasteiger partial charge in [-0.3, -0.25) is 9.59 Å². The van der Waals surface area contributed by atoms with Gasteiger partial charge in [0.05, 0.1) is 0 Å². The van der Waals surface area contributed by atoms with Crippen LogP contribution >= 0.6 is 34.9 Å². The summed E-state index contributed by atoms with van der Waals surface area (Å²) in [5, 5.41) is 2.99. The van der Waals surface area contributed by atoms with E-state index in [1.807, 2.05) is 30.3 Å². The zero-order valence-electron chi connectivity index (χ0n) is 10.5. The van der Waals surface area contributed by atoms with Crippen molar-refractivity contribution in [3.63, 3.8) is 0 Å². The molecule has 0 unspecified atom stereocenters. The molecule has 0 aliphatic carbocycles. The van der Waals surface area contributed by atoms with Gasteiger partial charge in [0.2, 0.25) is 0 Å². The lowest BCUT2D eigenvalue weighted by Gasteiger charge is -1.97. The highest BCUT2D eigenvalue weighted by Gasteiger charge is 2.12. The van der Waals surface area contributed by atoms with Crippen LogP contribution in [0.15, 0.2) is 34.6 Å². The number of hydrogen-bond acceptors (Lipinski definition) is 5.